The molecule has 0 bridgehead atoms. The molecule has 1 amide bonds. The third kappa shape index (κ3) is 3.38. The average Bonchev–Trinajstić information content (AvgIpc) is 3.17. The van der Waals surface area contributed by atoms with E-state index >= 15 is 0 Å². The SMILES string of the molecule is CC(C)CC(NC(=O)C1(N(C)C)Cc2ccccc2C1)c1ncnn1C. The second-order valence-corrected chi connectivity index (χ2v) is 7.95. The molecule has 1 heterocycles. The first-order valence-electron chi connectivity index (χ1n) is 9.22. The fraction of sp³-hybridized carbons (Fsp3) is 0.550. The predicted molar refractivity (Wildman–Crippen MR) is 102 cm³/mol. The van der Waals surface area contributed by atoms with Crippen LogP contribution in [-0.4, -0.2) is 45.2 Å². The lowest BCUT2D eigenvalue weighted by atomic mass is 9.91. The fourth-order valence-corrected chi connectivity index (χ4v) is 3.89. The topological polar surface area (TPSA) is 63.1 Å². The Kier molecular flexibility index (Phi) is 5.14. The van der Waals surface area contributed by atoms with Crippen LogP contribution in [0, 0.1) is 5.92 Å². The van der Waals surface area contributed by atoms with E-state index < -0.39 is 5.54 Å². The summed E-state index contributed by atoms with van der Waals surface area (Å²) in [6.07, 6.45) is 3.83. The summed E-state index contributed by atoms with van der Waals surface area (Å²) < 4.78 is 1.75. The van der Waals surface area contributed by atoms with Gasteiger partial charge in [0.2, 0.25) is 5.91 Å². The monoisotopic (exact) mass is 355 g/mol. The molecular formula is C20H29N5O. The molecule has 6 heteroatoms. The van der Waals surface area contributed by atoms with Crippen LogP contribution in [0.2, 0.25) is 0 Å². The number of hydrogen-bond donors (Lipinski definition) is 1. The van der Waals surface area contributed by atoms with Crippen molar-refractivity contribution in [3.8, 4) is 0 Å². The van der Waals surface area contributed by atoms with Crippen molar-refractivity contribution in [2.24, 2.45) is 13.0 Å². The predicted octanol–water partition coefficient (Wildman–Crippen LogP) is 2.12. The van der Waals surface area contributed by atoms with Crippen LogP contribution in [0.3, 0.4) is 0 Å². The van der Waals surface area contributed by atoms with Crippen molar-refractivity contribution in [1.29, 1.82) is 0 Å². The first-order chi connectivity index (χ1) is 12.3. The summed E-state index contributed by atoms with van der Waals surface area (Å²) >= 11 is 0. The number of aryl methyl sites for hydroxylation is 1. The van der Waals surface area contributed by atoms with Crippen molar-refractivity contribution in [2.75, 3.05) is 14.1 Å². The van der Waals surface area contributed by atoms with Crippen molar-refractivity contribution in [2.45, 2.75) is 44.7 Å². The molecule has 0 spiro atoms. The number of fused-ring (bicyclic) bond motifs is 1. The van der Waals surface area contributed by atoms with Crippen LogP contribution < -0.4 is 5.32 Å². The number of likely N-dealkylation sites (N-methyl/N-ethyl adjacent to an activating group) is 1. The number of nitrogens with one attached hydrogen (secondary N) is 1. The third-order valence-electron chi connectivity index (χ3n) is 5.43. The van der Waals surface area contributed by atoms with Gasteiger partial charge in [-0.25, -0.2) is 4.98 Å². The summed E-state index contributed by atoms with van der Waals surface area (Å²) in [5.41, 5.74) is 1.96. The molecule has 1 aromatic carbocycles. The molecule has 0 saturated heterocycles. The Morgan fingerprint density at radius 3 is 2.35 bits per heavy atom. The molecule has 1 aliphatic rings. The van der Waals surface area contributed by atoms with Gasteiger partial charge in [0.15, 0.2) is 0 Å². The molecule has 0 radical (unpaired) electrons. The molecule has 2 aromatic rings. The average molecular weight is 355 g/mol. The first-order valence-corrected chi connectivity index (χ1v) is 9.22. The standard InChI is InChI=1S/C20H29N5O/c1-14(2)10-17(18-21-13-22-25(18)5)23-19(26)20(24(3)4)11-15-8-6-7-9-16(15)12-20/h6-9,13-14,17H,10-12H2,1-5H3,(H,23,26). The highest BCUT2D eigenvalue weighted by Crippen LogP contribution is 2.34. The smallest absolute Gasteiger partial charge is 0.241 e. The number of carbonyl (C=O) groups is 1. The minimum atomic E-state index is -0.558. The molecule has 1 aromatic heterocycles. The van der Waals surface area contributed by atoms with Crippen LogP contribution in [-0.2, 0) is 24.7 Å². The molecule has 0 saturated carbocycles. The normalized spacial score (nSPS) is 16.7. The second-order valence-electron chi connectivity index (χ2n) is 7.95. The van der Waals surface area contributed by atoms with Crippen molar-refractivity contribution < 1.29 is 4.79 Å². The van der Waals surface area contributed by atoms with Crippen molar-refractivity contribution >= 4 is 5.91 Å². The first kappa shape index (κ1) is 18.6. The van der Waals surface area contributed by atoms with E-state index in [2.05, 4.69) is 46.3 Å². The van der Waals surface area contributed by atoms with Gasteiger partial charge in [0, 0.05) is 19.9 Å². The van der Waals surface area contributed by atoms with E-state index in [0.29, 0.717) is 5.92 Å². The number of nitrogens with zero attached hydrogens (tertiary/aromatic N) is 4. The Morgan fingerprint density at radius 2 is 1.88 bits per heavy atom. The quantitative estimate of drug-likeness (QED) is 0.862. The zero-order chi connectivity index (χ0) is 18.9. The summed E-state index contributed by atoms with van der Waals surface area (Å²) in [4.78, 5) is 19.9. The number of hydrogen-bond acceptors (Lipinski definition) is 4. The molecule has 140 valence electrons. The Morgan fingerprint density at radius 1 is 1.27 bits per heavy atom. The van der Waals surface area contributed by atoms with Gasteiger partial charge in [-0.2, -0.15) is 5.10 Å². The van der Waals surface area contributed by atoms with Gasteiger partial charge in [0.1, 0.15) is 17.7 Å². The van der Waals surface area contributed by atoms with E-state index in [1.807, 2.05) is 33.3 Å². The molecule has 1 atom stereocenters. The van der Waals surface area contributed by atoms with E-state index in [4.69, 9.17) is 0 Å². The van der Waals surface area contributed by atoms with Crippen molar-refractivity contribution in [3.05, 3.63) is 47.5 Å². The van der Waals surface area contributed by atoms with Gasteiger partial charge >= 0.3 is 0 Å². The van der Waals surface area contributed by atoms with E-state index in [-0.39, 0.29) is 11.9 Å². The fourth-order valence-electron chi connectivity index (χ4n) is 3.89. The third-order valence-corrected chi connectivity index (χ3v) is 5.43. The summed E-state index contributed by atoms with van der Waals surface area (Å²) in [7, 11) is 5.85. The molecule has 1 aliphatic carbocycles. The van der Waals surface area contributed by atoms with E-state index in [1.54, 1.807) is 11.0 Å². The highest BCUT2D eigenvalue weighted by molar-refractivity contribution is 5.88. The molecule has 0 fully saturated rings. The van der Waals surface area contributed by atoms with Gasteiger partial charge in [-0.05, 0) is 37.6 Å². The lowest BCUT2D eigenvalue weighted by Gasteiger charge is -2.36. The van der Waals surface area contributed by atoms with Gasteiger partial charge in [-0.15, -0.1) is 0 Å². The maximum absolute atomic E-state index is 13.5. The molecule has 1 unspecified atom stereocenters. The highest BCUT2D eigenvalue weighted by atomic mass is 16.2. The molecule has 3 rings (SSSR count). The summed E-state index contributed by atoms with van der Waals surface area (Å²) in [6, 6.07) is 8.20. The number of rotatable bonds is 6. The van der Waals surface area contributed by atoms with E-state index in [0.717, 1.165) is 25.1 Å². The van der Waals surface area contributed by atoms with Crippen LogP contribution in [0.4, 0.5) is 0 Å². The Labute approximate surface area is 155 Å². The van der Waals surface area contributed by atoms with Crippen molar-refractivity contribution in [1.82, 2.24) is 25.0 Å². The van der Waals surface area contributed by atoms with Crippen molar-refractivity contribution in [3.63, 3.8) is 0 Å². The summed E-state index contributed by atoms with van der Waals surface area (Å²) in [5, 5.41) is 7.46. The van der Waals surface area contributed by atoms with E-state index in [9.17, 15) is 4.79 Å². The molecule has 0 aliphatic heterocycles. The van der Waals surface area contributed by atoms with Crippen LogP contribution in [0.5, 0.6) is 0 Å². The van der Waals surface area contributed by atoms with Crippen LogP contribution >= 0.6 is 0 Å². The van der Waals surface area contributed by atoms with Gasteiger partial charge in [-0.3, -0.25) is 14.4 Å². The maximum atomic E-state index is 13.5. The maximum Gasteiger partial charge on any atom is 0.241 e. The zero-order valence-corrected chi connectivity index (χ0v) is 16.4. The van der Waals surface area contributed by atoms with Gasteiger partial charge in [0.05, 0.1) is 6.04 Å². The molecular weight excluding hydrogens is 326 g/mol. The minimum Gasteiger partial charge on any atom is -0.344 e. The number of amides is 1. The number of benzene rings is 1. The van der Waals surface area contributed by atoms with Crippen LogP contribution in [0.25, 0.3) is 0 Å². The Hall–Kier alpha value is -2.21. The Bertz CT molecular complexity index is 755. The number of carbonyl (C=O) groups excluding carboxylic acids is 1. The molecule has 6 nitrogen and oxygen atoms in total. The summed E-state index contributed by atoms with van der Waals surface area (Å²) in [5.74, 6) is 1.30. The largest absolute Gasteiger partial charge is 0.344 e. The zero-order valence-electron chi connectivity index (χ0n) is 16.4. The highest BCUT2D eigenvalue weighted by Gasteiger charge is 2.46. The van der Waals surface area contributed by atoms with Gasteiger partial charge < -0.3 is 5.32 Å². The molecule has 1 N–H and O–H groups in total. The second kappa shape index (κ2) is 7.19. The minimum absolute atomic E-state index is 0.0624. The van der Waals surface area contributed by atoms with Crippen LogP contribution in [0.1, 0.15) is 43.3 Å². The van der Waals surface area contributed by atoms with Gasteiger partial charge in [-0.1, -0.05) is 38.1 Å². The Balaban J connectivity index is 1.87. The van der Waals surface area contributed by atoms with Crippen LogP contribution in [0.15, 0.2) is 30.6 Å². The summed E-state index contributed by atoms with van der Waals surface area (Å²) in [6.45, 7) is 4.31. The lowest BCUT2D eigenvalue weighted by molar-refractivity contribution is -0.132. The van der Waals surface area contributed by atoms with Gasteiger partial charge in [0.25, 0.3) is 0 Å². The number of aromatic nitrogens is 3. The molecule has 26 heavy (non-hydrogen) atoms. The van der Waals surface area contributed by atoms with E-state index in [1.165, 1.54) is 11.1 Å². The lowest BCUT2D eigenvalue weighted by Crippen LogP contribution is -2.57.